The normalized spacial score (nSPS) is 16.7. The molecule has 1 unspecified atom stereocenters. The first kappa shape index (κ1) is 24.0. The standard InChI is InChI=1S/C20H34N4O2.HI/c1-4-21-20(22-9-8-17-6-5-7-18(25)14-17)23-15-19(16(2)3)24-10-12-26-13-11-24;/h5-7,14,16,19,25H,4,8-13,15H2,1-3H3,(H2,21,22,23);1H. The van der Waals surface area contributed by atoms with E-state index in [1.165, 1.54) is 0 Å². The summed E-state index contributed by atoms with van der Waals surface area (Å²) in [6.07, 6.45) is 0.843. The van der Waals surface area contributed by atoms with Gasteiger partial charge >= 0.3 is 0 Å². The van der Waals surface area contributed by atoms with Crippen LogP contribution in [-0.4, -0.2) is 67.9 Å². The molecule has 0 bridgehead atoms. The van der Waals surface area contributed by atoms with Crippen LogP contribution in [0.25, 0.3) is 0 Å². The van der Waals surface area contributed by atoms with Crippen LogP contribution < -0.4 is 10.6 Å². The molecule has 27 heavy (non-hydrogen) atoms. The Morgan fingerprint density at radius 2 is 2.00 bits per heavy atom. The van der Waals surface area contributed by atoms with Crippen LogP contribution in [0.4, 0.5) is 0 Å². The second kappa shape index (κ2) is 13.2. The van der Waals surface area contributed by atoms with Gasteiger partial charge in [0.05, 0.1) is 19.8 Å². The van der Waals surface area contributed by atoms with Gasteiger partial charge in [-0.05, 0) is 37.0 Å². The molecule has 1 aliphatic heterocycles. The van der Waals surface area contributed by atoms with Gasteiger partial charge < -0.3 is 20.5 Å². The lowest BCUT2D eigenvalue weighted by Gasteiger charge is -2.36. The molecule has 2 rings (SSSR count). The highest BCUT2D eigenvalue weighted by molar-refractivity contribution is 14.0. The van der Waals surface area contributed by atoms with E-state index in [4.69, 9.17) is 9.73 Å². The second-order valence-electron chi connectivity index (χ2n) is 7.03. The van der Waals surface area contributed by atoms with Crippen LogP contribution in [-0.2, 0) is 11.2 Å². The van der Waals surface area contributed by atoms with E-state index in [1.54, 1.807) is 12.1 Å². The number of ether oxygens (including phenoxy) is 1. The number of halogens is 1. The molecule has 1 aliphatic rings. The smallest absolute Gasteiger partial charge is 0.191 e. The maximum absolute atomic E-state index is 9.56. The average Bonchev–Trinajstić information content (AvgIpc) is 2.62. The van der Waals surface area contributed by atoms with E-state index >= 15 is 0 Å². The minimum atomic E-state index is 0. The van der Waals surface area contributed by atoms with E-state index in [9.17, 15) is 5.11 Å². The van der Waals surface area contributed by atoms with Crippen molar-refractivity contribution in [3.63, 3.8) is 0 Å². The van der Waals surface area contributed by atoms with Crippen molar-refractivity contribution in [3.05, 3.63) is 29.8 Å². The molecular weight excluding hydrogens is 455 g/mol. The Morgan fingerprint density at radius 3 is 2.63 bits per heavy atom. The summed E-state index contributed by atoms with van der Waals surface area (Å²) in [7, 11) is 0. The third kappa shape index (κ3) is 8.66. The molecule has 1 heterocycles. The first-order valence-electron chi connectivity index (χ1n) is 9.72. The number of hydrogen-bond donors (Lipinski definition) is 3. The lowest BCUT2D eigenvalue weighted by atomic mass is 10.0. The SMILES string of the molecule is CCNC(=NCC(C(C)C)N1CCOCC1)NCCc1cccc(O)c1.I. The zero-order valence-electron chi connectivity index (χ0n) is 16.8. The molecule has 1 saturated heterocycles. The second-order valence-corrected chi connectivity index (χ2v) is 7.03. The number of morpholine rings is 1. The van der Waals surface area contributed by atoms with Crippen molar-refractivity contribution in [2.75, 3.05) is 45.9 Å². The first-order valence-corrected chi connectivity index (χ1v) is 9.72. The summed E-state index contributed by atoms with van der Waals surface area (Å²) in [5.74, 6) is 1.71. The molecule has 0 aliphatic carbocycles. The molecule has 0 spiro atoms. The van der Waals surface area contributed by atoms with Crippen LogP contribution in [0.5, 0.6) is 5.75 Å². The predicted octanol–water partition coefficient (Wildman–Crippen LogP) is 2.46. The molecule has 6 nitrogen and oxygen atoms in total. The third-order valence-corrected chi connectivity index (χ3v) is 4.68. The van der Waals surface area contributed by atoms with E-state index in [1.807, 2.05) is 12.1 Å². The third-order valence-electron chi connectivity index (χ3n) is 4.68. The monoisotopic (exact) mass is 490 g/mol. The zero-order chi connectivity index (χ0) is 18.8. The number of benzene rings is 1. The molecule has 0 aromatic heterocycles. The van der Waals surface area contributed by atoms with Crippen molar-refractivity contribution in [1.29, 1.82) is 0 Å². The van der Waals surface area contributed by atoms with Gasteiger partial charge in [0, 0.05) is 32.2 Å². The quantitative estimate of drug-likeness (QED) is 0.297. The van der Waals surface area contributed by atoms with Gasteiger partial charge in [0.2, 0.25) is 0 Å². The molecule has 1 aromatic carbocycles. The molecule has 0 saturated carbocycles. The fourth-order valence-corrected chi connectivity index (χ4v) is 3.22. The van der Waals surface area contributed by atoms with Crippen molar-refractivity contribution in [2.45, 2.75) is 33.2 Å². The number of phenols is 1. The number of aliphatic imine (C=N–C) groups is 1. The summed E-state index contributed by atoms with van der Waals surface area (Å²) < 4.78 is 5.48. The Hall–Kier alpha value is -1.06. The molecule has 7 heteroatoms. The average molecular weight is 490 g/mol. The number of nitrogens with zero attached hydrogens (tertiary/aromatic N) is 2. The van der Waals surface area contributed by atoms with Gasteiger partial charge in [-0.1, -0.05) is 26.0 Å². The number of nitrogens with one attached hydrogen (secondary N) is 2. The Balaban J connectivity index is 0.00000364. The van der Waals surface area contributed by atoms with E-state index < -0.39 is 0 Å². The Kier molecular flexibility index (Phi) is 11.7. The van der Waals surface area contributed by atoms with Crippen molar-refractivity contribution >= 4 is 29.9 Å². The summed E-state index contributed by atoms with van der Waals surface area (Å²) in [5.41, 5.74) is 1.11. The summed E-state index contributed by atoms with van der Waals surface area (Å²) in [6.45, 7) is 12.6. The minimum absolute atomic E-state index is 0. The van der Waals surface area contributed by atoms with Crippen LogP contribution in [0.2, 0.25) is 0 Å². The lowest BCUT2D eigenvalue weighted by Crippen LogP contribution is -2.48. The maximum Gasteiger partial charge on any atom is 0.191 e. The molecule has 1 atom stereocenters. The Labute approximate surface area is 180 Å². The molecule has 154 valence electrons. The summed E-state index contributed by atoms with van der Waals surface area (Å²) in [4.78, 5) is 7.32. The van der Waals surface area contributed by atoms with Gasteiger partial charge in [-0.15, -0.1) is 24.0 Å². The van der Waals surface area contributed by atoms with Crippen molar-refractivity contribution < 1.29 is 9.84 Å². The van der Waals surface area contributed by atoms with Crippen molar-refractivity contribution in [2.24, 2.45) is 10.9 Å². The Morgan fingerprint density at radius 1 is 1.26 bits per heavy atom. The van der Waals surface area contributed by atoms with E-state index in [0.717, 1.165) is 63.9 Å². The van der Waals surface area contributed by atoms with Gasteiger partial charge in [-0.25, -0.2) is 0 Å². The fraction of sp³-hybridized carbons (Fsp3) is 0.650. The van der Waals surface area contributed by atoms with Crippen LogP contribution >= 0.6 is 24.0 Å². The summed E-state index contributed by atoms with van der Waals surface area (Å²) in [6, 6.07) is 7.83. The Bertz CT molecular complexity index is 563. The van der Waals surface area contributed by atoms with E-state index in [0.29, 0.717) is 17.7 Å². The minimum Gasteiger partial charge on any atom is -0.508 e. The van der Waals surface area contributed by atoms with Gasteiger partial charge in [-0.2, -0.15) is 0 Å². The largest absolute Gasteiger partial charge is 0.508 e. The van der Waals surface area contributed by atoms with E-state index in [-0.39, 0.29) is 24.0 Å². The number of hydrogen-bond acceptors (Lipinski definition) is 4. The van der Waals surface area contributed by atoms with Crippen molar-refractivity contribution in [3.8, 4) is 5.75 Å². The first-order chi connectivity index (χ1) is 12.6. The van der Waals surface area contributed by atoms with Crippen LogP contribution in [0.3, 0.4) is 0 Å². The maximum atomic E-state index is 9.56. The van der Waals surface area contributed by atoms with Crippen LogP contribution in [0.15, 0.2) is 29.3 Å². The molecule has 0 radical (unpaired) electrons. The lowest BCUT2D eigenvalue weighted by molar-refractivity contribution is 0.00867. The molecule has 3 N–H and O–H groups in total. The predicted molar refractivity (Wildman–Crippen MR) is 122 cm³/mol. The van der Waals surface area contributed by atoms with Gasteiger partial charge in [0.15, 0.2) is 5.96 Å². The highest BCUT2D eigenvalue weighted by atomic mass is 127. The number of rotatable bonds is 8. The topological polar surface area (TPSA) is 69.1 Å². The zero-order valence-corrected chi connectivity index (χ0v) is 19.1. The fourth-order valence-electron chi connectivity index (χ4n) is 3.22. The number of phenolic OH excluding ortho intramolecular Hbond substituents is 1. The summed E-state index contributed by atoms with van der Waals surface area (Å²) >= 11 is 0. The molecule has 1 aromatic rings. The molecule has 1 fully saturated rings. The molecular formula is C20H35IN4O2. The summed E-state index contributed by atoms with van der Waals surface area (Å²) in [5, 5.41) is 16.3. The highest BCUT2D eigenvalue weighted by Gasteiger charge is 2.23. The van der Waals surface area contributed by atoms with Gasteiger partial charge in [0.25, 0.3) is 0 Å². The van der Waals surface area contributed by atoms with E-state index in [2.05, 4.69) is 36.3 Å². The molecule has 0 amide bonds. The number of aromatic hydroxyl groups is 1. The van der Waals surface area contributed by atoms with Crippen molar-refractivity contribution in [1.82, 2.24) is 15.5 Å². The highest BCUT2D eigenvalue weighted by Crippen LogP contribution is 2.13. The van der Waals surface area contributed by atoms with Gasteiger partial charge in [0.1, 0.15) is 5.75 Å². The van der Waals surface area contributed by atoms with Gasteiger partial charge in [-0.3, -0.25) is 9.89 Å². The number of guanidine groups is 1. The van der Waals surface area contributed by atoms with Crippen LogP contribution in [0, 0.1) is 5.92 Å². The van der Waals surface area contributed by atoms with Crippen LogP contribution in [0.1, 0.15) is 26.3 Å².